The van der Waals surface area contributed by atoms with Crippen molar-refractivity contribution in [3.05, 3.63) is 34.6 Å². The highest BCUT2D eigenvalue weighted by molar-refractivity contribution is 6.31. The number of rotatable bonds is 3. The lowest BCUT2D eigenvalue weighted by atomic mass is 10.1. The Morgan fingerprint density at radius 2 is 2.23 bits per heavy atom. The molecule has 72 valence electrons. The molecule has 1 unspecified atom stereocenters. The second-order valence-corrected chi connectivity index (χ2v) is 3.61. The molecular weight excluding hydrogens is 189 g/mol. The third-order valence-electron chi connectivity index (χ3n) is 1.90. The predicted molar refractivity (Wildman–Crippen MR) is 53.4 cm³/mol. The van der Waals surface area contributed by atoms with Crippen molar-refractivity contribution >= 4 is 11.6 Å². The van der Waals surface area contributed by atoms with E-state index in [4.69, 9.17) is 17.3 Å². The Balaban J connectivity index is 2.71. The highest BCUT2D eigenvalue weighted by Gasteiger charge is 2.05. The van der Waals surface area contributed by atoms with Crippen LogP contribution >= 0.6 is 11.6 Å². The monoisotopic (exact) mass is 201 g/mol. The van der Waals surface area contributed by atoms with Gasteiger partial charge in [0.05, 0.1) is 5.02 Å². The Labute approximate surface area is 82.7 Å². The van der Waals surface area contributed by atoms with Crippen molar-refractivity contribution in [3.8, 4) is 0 Å². The third-order valence-corrected chi connectivity index (χ3v) is 2.32. The molecule has 1 aromatic rings. The Bertz CT molecular complexity index is 286. The first-order valence-electron chi connectivity index (χ1n) is 4.29. The molecule has 0 saturated heterocycles. The van der Waals surface area contributed by atoms with Crippen LogP contribution in [0.2, 0.25) is 5.02 Å². The molecule has 3 heteroatoms. The van der Waals surface area contributed by atoms with Crippen molar-refractivity contribution in [2.75, 3.05) is 0 Å². The van der Waals surface area contributed by atoms with Gasteiger partial charge in [-0.15, -0.1) is 0 Å². The fourth-order valence-electron chi connectivity index (χ4n) is 1.12. The van der Waals surface area contributed by atoms with Gasteiger partial charge in [0.25, 0.3) is 0 Å². The molecule has 0 aliphatic rings. The van der Waals surface area contributed by atoms with E-state index in [9.17, 15) is 4.39 Å². The van der Waals surface area contributed by atoms with Crippen molar-refractivity contribution < 1.29 is 4.39 Å². The van der Waals surface area contributed by atoms with Gasteiger partial charge in [0.15, 0.2) is 0 Å². The van der Waals surface area contributed by atoms with Crippen molar-refractivity contribution in [1.82, 2.24) is 0 Å². The maximum atomic E-state index is 12.9. The van der Waals surface area contributed by atoms with Gasteiger partial charge in [-0.05, 0) is 31.4 Å². The second kappa shape index (κ2) is 4.58. The molecule has 0 spiro atoms. The number of aryl methyl sites for hydroxylation is 1. The van der Waals surface area contributed by atoms with Crippen molar-refractivity contribution in [2.45, 2.75) is 25.8 Å². The fraction of sp³-hybridized carbons (Fsp3) is 0.400. The van der Waals surface area contributed by atoms with Gasteiger partial charge in [0.2, 0.25) is 0 Å². The smallest absolute Gasteiger partial charge is 0.142 e. The highest BCUT2D eigenvalue weighted by atomic mass is 35.5. The van der Waals surface area contributed by atoms with Crippen LogP contribution in [0.3, 0.4) is 0 Å². The zero-order chi connectivity index (χ0) is 9.84. The lowest BCUT2D eigenvalue weighted by Gasteiger charge is -2.06. The van der Waals surface area contributed by atoms with Crippen LogP contribution in [0.1, 0.15) is 18.9 Å². The molecular formula is C10H13ClFN. The van der Waals surface area contributed by atoms with Gasteiger partial charge in [0, 0.05) is 6.04 Å². The van der Waals surface area contributed by atoms with Crippen molar-refractivity contribution in [2.24, 2.45) is 5.73 Å². The summed E-state index contributed by atoms with van der Waals surface area (Å²) in [6, 6.07) is 4.97. The summed E-state index contributed by atoms with van der Waals surface area (Å²) in [5.74, 6) is -0.358. The van der Waals surface area contributed by atoms with Crippen LogP contribution in [0, 0.1) is 5.82 Å². The highest BCUT2D eigenvalue weighted by Crippen LogP contribution is 2.20. The third kappa shape index (κ3) is 2.98. The van der Waals surface area contributed by atoms with E-state index in [1.807, 2.05) is 13.0 Å². The minimum absolute atomic E-state index is 0.124. The van der Waals surface area contributed by atoms with Crippen LogP contribution in [0.15, 0.2) is 18.2 Å². The van der Waals surface area contributed by atoms with E-state index < -0.39 is 0 Å². The summed E-state index contributed by atoms with van der Waals surface area (Å²) in [5.41, 5.74) is 6.42. The lowest BCUT2D eigenvalue weighted by molar-refractivity contribution is 0.620. The van der Waals surface area contributed by atoms with Gasteiger partial charge in [0.1, 0.15) is 5.82 Å². The largest absolute Gasteiger partial charge is 0.328 e. The van der Waals surface area contributed by atoms with Gasteiger partial charge in [-0.1, -0.05) is 23.7 Å². The molecule has 0 radical (unpaired) electrons. The molecule has 0 aliphatic heterocycles. The first-order chi connectivity index (χ1) is 6.11. The maximum absolute atomic E-state index is 12.9. The number of hydrogen-bond donors (Lipinski definition) is 1. The summed E-state index contributed by atoms with van der Waals surface area (Å²) in [6.45, 7) is 1.92. The summed E-state index contributed by atoms with van der Waals surface area (Å²) in [5, 5.41) is 0.225. The molecule has 0 aromatic heterocycles. The summed E-state index contributed by atoms with van der Waals surface area (Å²) in [4.78, 5) is 0. The Hall–Kier alpha value is -0.600. The molecule has 0 amide bonds. The minimum Gasteiger partial charge on any atom is -0.328 e. The summed E-state index contributed by atoms with van der Waals surface area (Å²) in [7, 11) is 0. The number of halogens is 2. The van der Waals surface area contributed by atoms with E-state index in [0.717, 1.165) is 18.4 Å². The molecule has 0 bridgehead atoms. The first-order valence-corrected chi connectivity index (χ1v) is 4.67. The van der Waals surface area contributed by atoms with Crippen LogP contribution < -0.4 is 5.73 Å². The van der Waals surface area contributed by atoms with Gasteiger partial charge >= 0.3 is 0 Å². The number of hydrogen-bond acceptors (Lipinski definition) is 1. The molecule has 0 saturated carbocycles. The predicted octanol–water partition coefficient (Wildman–Crippen LogP) is 2.76. The van der Waals surface area contributed by atoms with Crippen LogP contribution in [-0.4, -0.2) is 6.04 Å². The molecule has 1 rings (SSSR count). The van der Waals surface area contributed by atoms with Crippen molar-refractivity contribution in [3.63, 3.8) is 0 Å². The molecule has 0 heterocycles. The quantitative estimate of drug-likeness (QED) is 0.800. The van der Waals surface area contributed by atoms with Crippen LogP contribution in [0.4, 0.5) is 4.39 Å². The van der Waals surface area contributed by atoms with E-state index in [2.05, 4.69) is 0 Å². The van der Waals surface area contributed by atoms with Crippen molar-refractivity contribution in [1.29, 1.82) is 0 Å². The van der Waals surface area contributed by atoms with Gasteiger partial charge in [-0.25, -0.2) is 4.39 Å². The van der Waals surface area contributed by atoms with Crippen LogP contribution in [0.5, 0.6) is 0 Å². The number of nitrogens with two attached hydrogens (primary N) is 1. The molecule has 1 atom stereocenters. The zero-order valence-corrected chi connectivity index (χ0v) is 8.31. The van der Waals surface area contributed by atoms with E-state index in [0.29, 0.717) is 0 Å². The maximum Gasteiger partial charge on any atom is 0.142 e. The summed E-state index contributed by atoms with van der Waals surface area (Å²) < 4.78 is 12.9. The van der Waals surface area contributed by atoms with E-state index >= 15 is 0 Å². The normalized spacial score (nSPS) is 12.9. The average Bonchev–Trinajstić information content (AvgIpc) is 2.07. The fourth-order valence-corrected chi connectivity index (χ4v) is 1.35. The minimum atomic E-state index is -0.358. The van der Waals surface area contributed by atoms with E-state index in [-0.39, 0.29) is 16.9 Å². The Kier molecular flexibility index (Phi) is 3.70. The zero-order valence-electron chi connectivity index (χ0n) is 7.56. The molecule has 1 nitrogen and oxygen atoms in total. The molecule has 0 aliphatic carbocycles. The SMILES string of the molecule is CC(N)CCc1cccc(F)c1Cl. The van der Waals surface area contributed by atoms with E-state index in [1.54, 1.807) is 6.07 Å². The van der Waals surface area contributed by atoms with Gasteiger partial charge < -0.3 is 5.73 Å². The van der Waals surface area contributed by atoms with E-state index in [1.165, 1.54) is 6.07 Å². The van der Waals surface area contributed by atoms with Crippen LogP contribution in [0.25, 0.3) is 0 Å². The molecule has 13 heavy (non-hydrogen) atoms. The second-order valence-electron chi connectivity index (χ2n) is 3.23. The van der Waals surface area contributed by atoms with Gasteiger partial charge in [-0.2, -0.15) is 0 Å². The standard InChI is InChI=1S/C10H13ClFN/c1-7(13)5-6-8-3-2-4-9(12)10(8)11/h2-4,7H,5-6,13H2,1H3. The number of benzene rings is 1. The summed E-state index contributed by atoms with van der Waals surface area (Å²) >= 11 is 5.76. The average molecular weight is 202 g/mol. The van der Waals surface area contributed by atoms with Gasteiger partial charge in [-0.3, -0.25) is 0 Å². The topological polar surface area (TPSA) is 26.0 Å². The molecule has 1 aromatic carbocycles. The van der Waals surface area contributed by atoms with Crippen LogP contribution in [-0.2, 0) is 6.42 Å². The summed E-state index contributed by atoms with van der Waals surface area (Å²) in [6.07, 6.45) is 1.55. The first kappa shape index (κ1) is 10.5. The lowest BCUT2D eigenvalue weighted by Crippen LogP contribution is -2.15. The Morgan fingerprint density at radius 3 is 2.85 bits per heavy atom. The molecule has 0 fully saturated rings. The molecule has 2 N–H and O–H groups in total. The Morgan fingerprint density at radius 1 is 1.54 bits per heavy atom.